The lowest BCUT2D eigenvalue weighted by Gasteiger charge is -1.90. The zero-order valence-electron chi connectivity index (χ0n) is 12.5. The molecule has 0 aromatic carbocycles. The zero-order valence-corrected chi connectivity index (χ0v) is 12.5. The fourth-order valence-corrected chi connectivity index (χ4v) is 0.652. The van der Waals surface area contributed by atoms with Crippen LogP contribution in [0.1, 0.15) is 27.7 Å². The lowest BCUT2D eigenvalue weighted by Crippen LogP contribution is -2.09. The second-order valence-corrected chi connectivity index (χ2v) is 2.87. The first-order chi connectivity index (χ1) is 9.03. The van der Waals surface area contributed by atoms with Gasteiger partial charge in [0.05, 0.1) is 13.2 Å². The summed E-state index contributed by atoms with van der Waals surface area (Å²) in [6, 6.07) is 0. The standard InChI is InChI=1S/2C5H8O2.C4H11N/c2*1-3-5(6)7-4-2;1-3-5-4-2/h2*3H,1,4H2,2H3;5H,3-4H2,1-2H3. The van der Waals surface area contributed by atoms with E-state index in [1.54, 1.807) is 13.8 Å². The highest BCUT2D eigenvalue weighted by Crippen LogP contribution is 1.75. The number of nitrogens with one attached hydrogen (secondary N) is 1. The van der Waals surface area contributed by atoms with E-state index in [4.69, 9.17) is 0 Å². The lowest BCUT2D eigenvalue weighted by molar-refractivity contribution is -0.138. The van der Waals surface area contributed by atoms with Crippen LogP contribution in [0.4, 0.5) is 0 Å². The van der Waals surface area contributed by atoms with Crippen molar-refractivity contribution >= 4 is 11.9 Å². The quantitative estimate of drug-likeness (QED) is 0.593. The van der Waals surface area contributed by atoms with E-state index < -0.39 is 0 Å². The summed E-state index contributed by atoms with van der Waals surface area (Å²) in [4.78, 5) is 20.1. The molecule has 0 atom stereocenters. The van der Waals surface area contributed by atoms with E-state index in [0.29, 0.717) is 13.2 Å². The van der Waals surface area contributed by atoms with Crippen molar-refractivity contribution in [1.29, 1.82) is 0 Å². The number of ether oxygens (including phenoxy) is 2. The van der Waals surface area contributed by atoms with E-state index in [1.807, 2.05) is 0 Å². The number of esters is 2. The Morgan fingerprint density at radius 1 is 0.895 bits per heavy atom. The third kappa shape index (κ3) is 31.4. The minimum atomic E-state index is -0.359. The molecule has 0 fully saturated rings. The van der Waals surface area contributed by atoms with Crippen molar-refractivity contribution in [2.75, 3.05) is 26.3 Å². The molecule has 5 nitrogen and oxygen atoms in total. The number of carbonyl (C=O) groups is 2. The van der Waals surface area contributed by atoms with Gasteiger partial charge in [-0.25, -0.2) is 9.59 Å². The van der Waals surface area contributed by atoms with Gasteiger partial charge in [-0.15, -0.1) is 0 Å². The first-order valence-corrected chi connectivity index (χ1v) is 6.32. The van der Waals surface area contributed by atoms with Gasteiger partial charge >= 0.3 is 11.9 Å². The Morgan fingerprint density at radius 2 is 1.21 bits per heavy atom. The Morgan fingerprint density at radius 3 is 1.26 bits per heavy atom. The smallest absolute Gasteiger partial charge is 0.330 e. The summed E-state index contributed by atoms with van der Waals surface area (Å²) in [5.74, 6) is -0.718. The molecule has 19 heavy (non-hydrogen) atoms. The van der Waals surface area contributed by atoms with Gasteiger partial charge in [-0.3, -0.25) is 0 Å². The number of hydrogen-bond donors (Lipinski definition) is 1. The van der Waals surface area contributed by atoms with Gasteiger partial charge < -0.3 is 14.8 Å². The normalized spacial score (nSPS) is 7.79. The molecule has 0 unspecified atom stereocenters. The molecule has 0 aliphatic rings. The Kier molecular flexibility index (Phi) is 25.7. The van der Waals surface area contributed by atoms with Gasteiger partial charge in [0.25, 0.3) is 0 Å². The second-order valence-electron chi connectivity index (χ2n) is 2.87. The van der Waals surface area contributed by atoms with E-state index >= 15 is 0 Å². The highest BCUT2D eigenvalue weighted by Gasteiger charge is 1.87. The maximum Gasteiger partial charge on any atom is 0.330 e. The van der Waals surface area contributed by atoms with Crippen LogP contribution in [0.2, 0.25) is 0 Å². The summed E-state index contributed by atoms with van der Waals surface area (Å²) in [7, 11) is 0. The maximum atomic E-state index is 10.1. The van der Waals surface area contributed by atoms with Gasteiger partial charge in [0.1, 0.15) is 0 Å². The molecule has 112 valence electrons. The molecule has 0 aromatic heterocycles. The Bertz CT molecular complexity index is 216. The highest BCUT2D eigenvalue weighted by molar-refractivity contribution is 5.81. The molecule has 1 N–H and O–H groups in total. The Balaban J connectivity index is -0.000000206. The van der Waals surface area contributed by atoms with Gasteiger partial charge in [-0.1, -0.05) is 27.0 Å². The topological polar surface area (TPSA) is 64.6 Å². The largest absolute Gasteiger partial charge is 0.463 e. The summed E-state index contributed by atoms with van der Waals surface area (Å²) >= 11 is 0. The third-order valence-electron chi connectivity index (χ3n) is 1.41. The summed E-state index contributed by atoms with van der Waals surface area (Å²) < 4.78 is 8.87. The van der Waals surface area contributed by atoms with Crippen molar-refractivity contribution in [3.8, 4) is 0 Å². The van der Waals surface area contributed by atoms with E-state index in [-0.39, 0.29) is 11.9 Å². The van der Waals surface area contributed by atoms with Crippen LogP contribution in [-0.2, 0) is 19.1 Å². The van der Waals surface area contributed by atoms with E-state index in [2.05, 4.69) is 41.8 Å². The molecule has 0 rings (SSSR count). The molecule has 0 aliphatic heterocycles. The van der Waals surface area contributed by atoms with Gasteiger partial charge in [0.2, 0.25) is 0 Å². The summed E-state index contributed by atoms with van der Waals surface area (Å²) in [6.45, 7) is 17.1. The number of rotatable bonds is 6. The molecule has 0 bridgehead atoms. The van der Waals surface area contributed by atoms with Crippen molar-refractivity contribution in [2.24, 2.45) is 0 Å². The number of carbonyl (C=O) groups excluding carboxylic acids is 2. The van der Waals surface area contributed by atoms with Gasteiger partial charge in [0.15, 0.2) is 0 Å². The van der Waals surface area contributed by atoms with Crippen LogP contribution < -0.4 is 5.32 Å². The molecular weight excluding hydrogens is 246 g/mol. The van der Waals surface area contributed by atoms with Crippen LogP contribution >= 0.6 is 0 Å². The molecule has 0 spiro atoms. The van der Waals surface area contributed by atoms with Crippen LogP contribution in [0.25, 0.3) is 0 Å². The van der Waals surface area contributed by atoms with Crippen LogP contribution in [-0.4, -0.2) is 38.2 Å². The maximum absolute atomic E-state index is 10.1. The second kappa shape index (κ2) is 21.6. The SMILES string of the molecule is C=CC(=O)OCC.C=CC(=O)OCC.CCNCC. The monoisotopic (exact) mass is 273 g/mol. The Labute approximate surface area is 116 Å². The first-order valence-electron chi connectivity index (χ1n) is 6.32. The summed E-state index contributed by atoms with van der Waals surface area (Å²) in [5, 5.41) is 3.11. The molecule has 0 saturated heterocycles. The van der Waals surface area contributed by atoms with Gasteiger partial charge in [-0.05, 0) is 26.9 Å². The fraction of sp³-hybridized carbons (Fsp3) is 0.571. The zero-order chi connectivity index (χ0) is 15.5. The minimum absolute atomic E-state index is 0.359. The molecule has 5 heteroatoms. The van der Waals surface area contributed by atoms with Crippen LogP contribution in [0.15, 0.2) is 25.3 Å². The van der Waals surface area contributed by atoms with Crippen LogP contribution in [0, 0.1) is 0 Å². The van der Waals surface area contributed by atoms with Crippen molar-refractivity contribution in [3.63, 3.8) is 0 Å². The van der Waals surface area contributed by atoms with Crippen LogP contribution in [0.5, 0.6) is 0 Å². The molecule has 0 amide bonds. The van der Waals surface area contributed by atoms with Crippen molar-refractivity contribution in [1.82, 2.24) is 5.32 Å². The molecule has 0 aliphatic carbocycles. The summed E-state index contributed by atoms with van der Waals surface area (Å²) in [6.07, 6.45) is 2.28. The van der Waals surface area contributed by atoms with Gasteiger partial charge in [-0.2, -0.15) is 0 Å². The average molecular weight is 273 g/mol. The first kappa shape index (κ1) is 22.6. The third-order valence-corrected chi connectivity index (χ3v) is 1.41. The van der Waals surface area contributed by atoms with Crippen molar-refractivity contribution in [2.45, 2.75) is 27.7 Å². The van der Waals surface area contributed by atoms with Crippen LogP contribution in [0.3, 0.4) is 0 Å². The minimum Gasteiger partial charge on any atom is -0.463 e. The predicted octanol–water partition coefficient (Wildman–Crippen LogP) is 2.09. The molecule has 0 saturated carbocycles. The molecule has 0 aromatic rings. The average Bonchev–Trinajstić information content (AvgIpc) is 2.41. The molecular formula is C14H27NO4. The lowest BCUT2D eigenvalue weighted by atomic mass is 10.6. The fourth-order valence-electron chi connectivity index (χ4n) is 0.652. The summed E-state index contributed by atoms with van der Waals surface area (Å²) in [5.41, 5.74) is 0. The van der Waals surface area contributed by atoms with E-state index in [0.717, 1.165) is 25.2 Å². The van der Waals surface area contributed by atoms with Crippen molar-refractivity contribution in [3.05, 3.63) is 25.3 Å². The van der Waals surface area contributed by atoms with Crippen molar-refractivity contribution < 1.29 is 19.1 Å². The Hall–Kier alpha value is -1.62. The number of hydrogen-bond acceptors (Lipinski definition) is 5. The van der Waals surface area contributed by atoms with E-state index in [1.165, 1.54) is 0 Å². The predicted molar refractivity (Wildman–Crippen MR) is 77.9 cm³/mol. The van der Waals surface area contributed by atoms with Gasteiger partial charge in [0, 0.05) is 12.2 Å². The highest BCUT2D eigenvalue weighted by atomic mass is 16.5. The molecule has 0 heterocycles. The van der Waals surface area contributed by atoms with E-state index in [9.17, 15) is 9.59 Å². The molecule has 0 radical (unpaired) electrons.